The van der Waals surface area contributed by atoms with E-state index in [0.717, 1.165) is 5.56 Å². The molecule has 0 bridgehead atoms. The summed E-state index contributed by atoms with van der Waals surface area (Å²) >= 11 is 0. The molecule has 10 heteroatoms. The molecule has 2 N–H and O–H groups in total. The summed E-state index contributed by atoms with van der Waals surface area (Å²) in [7, 11) is -3.67. The van der Waals surface area contributed by atoms with Gasteiger partial charge in [0.1, 0.15) is 5.75 Å². The number of nitrogens with one attached hydrogen (secondary N) is 2. The highest BCUT2D eigenvalue weighted by Gasteiger charge is 2.16. The fraction of sp³-hybridized carbons (Fsp3) is 0.174. The van der Waals surface area contributed by atoms with Crippen molar-refractivity contribution in [2.24, 2.45) is 0 Å². The van der Waals surface area contributed by atoms with Gasteiger partial charge in [0.25, 0.3) is 11.6 Å². The summed E-state index contributed by atoms with van der Waals surface area (Å²) in [6.07, 6.45) is 0.570. The second-order valence-corrected chi connectivity index (χ2v) is 8.92. The maximum Gasteiger partial charge on any atom is 0.274 e. The highest BCUT2D eigenvalue weighted by molar-refractivity contribution is 7.89. The predicted molar refractivity (Wildman–Crippen MR) is 124 cm³/mol. The number of benzene rings is 3. The lowest BCUT2D eigenvalue weighted by atomic mass is 10.1. The summed E-state index contributed by atoms with van der Waals surface area (Å²) in [4.78, 5) is 22.7. The molecule has 0 aliphatic rings. The Morgan fingerprint density at radius 2 is 1.70 bits per heavy atom. The molecular weight excluding hydrogens is 446 g/mol. The number of rotatable bonds is 10. The van der Waals surface area contributed by atoms with E-state index in [1.165, 1.54) is 36.4 Å². The molecule has 172 valence electrons. The lowest BCUT2D eigenvalue weighted by molar-refractivity contribution is -0.385. The number of carbonyl (C=O) groups is 1. The minimum Gasteiger partial charge on any atom is -0.484 e. The van der Waals surface area contributed by atoms with Crippen molar-refractivity contribution in [1.29, 1.82) is 0 Å². The normalized spacial score (nSPS) is 11.1. The van der Waals surface area contributed by atoms with Gasteiger partial charge in [-0.25, -0.2) is 13.1 Å². The SMILES string of the molecule is Cc1c(NC(=O)COc2ccc(S(=O)(=O)NCCc3ccccc3)cc2)cccc1[N+](=O)[O-]. The van der Waals surface area contributed by atoms with Crippen LogP contribution in [0, 0.1) is 17.0 Å². The van der Waals surface area contributed by atoms with E-state index >= 15 is 0 Å². The maximum absolute atomic E-state index is 12.4. The number of ether oxygens (including phenoxy) is 1. The fourth-order valence-corrected chi connectivity index (χ4v) is 4.10. The largest absolute Gasteiger partial charge is 0.484 e. The second kappa shape index (κ2) is 10.7. The van der Waals surface area contributed by atoms with E-state index in [0.29, 0.717) is 23.4 Å². The minimum absolute atomic E-state index is 0.0829. The van der Waals surface area contributed by atoms with E-state index in [1.54, 1.807) is 13.0 Å². The van der Waals surface area contributed by atoms with Gasteiger partial charge in [0.2, 0.25) is 10.0 Å². The van der Waals surface area contributed by atoms with Gasteiger partial charge in [-0.15, -0.1) is 0 Å². The summed E-state index contributed by atoms with van der Waals surface area (Å²) in [6.45, 7) is 1.47. The van der Waals surface area contributed by atoms with E-state index in [1.807, 2.05) is 30.3 Å². The Balaban J connectivity index is 1.52. The van der Waals surface area contributed by atoms with Crippen LogP contribution < -0.4 is 14.8 Å². The minimum atomic E-state index is -3.67. The van der Waals surface area contributed by atoms with Gasteiger partial charge in [-0.3, -0.25) is 14.9 Å². The second-order valence-electron chi connectivity index (χ2n) is 7.15. The molecule has 0 saturated carbocycles. The van der Waals surface area contributed by atoms with Gasteiger partial charge in [-0.1, -0.05) is 36.4 Å². The molecule has 3 aromatic rings. The topological polar surface area (TPSA) is 128 Å². The first-order valence-corrected chi connectivity index (χ1v) is 11.5. The first-order chi connectivity index (χ1) is 15.8. The van der Waals surface area contributed by atoms with Crippen molar-refractivity contribution >= 4 is 27.3 Å². The van der Waals surface area contributed by atoms with Crippen molar-refractivity contribution < 1.29 is 22.9 Å². The van der Waals surface area contributed by atoms with Crippen LogP contribution in [0.25, 0.3) is 0 Å². The number of nitro benzene ring substituents is 1. The van der Waals surface area contributed by atoms with Crippen LogP contribution in [0.2, 0.25) is 0 Å². The highest BCUT2D eigenvalue weighted by Crippen LogP contribution is 2.25. The zero-order chi connectivity index (χ0) is 23.8. The Morgan fingerprint density at radius 1 is 1.00 bits per heavy atom. The predicted octanol–water partition coefficient (Wildman–Crippen LogP) is 3.44. The van der Waals surface area contributed by atoms with Gasteiger partial charge in [0, 0.05) is 12.6 Å². The first-order valence-electron chi connectivity index (χ1n) is 10.1. The number of nitrogens with zero attached hydrogens (tertiary/aromatic N) is 1. The highest BCUT2D eigenvalue weighted by atomic mass is 32.2. The molecule has 0 unspecified atom stereocenters. The third kappa shape index (κ3) is 6.61. The number of anilines is 1. The Kier molecular flexibility index (Phi) is 7.75. The number of sulfonamides is 1. The molecule has 0 heterocycles. The Hall–Kier alpha value is -3.76. The summed E-state index contributed by atoms with van der Waals surface area (Å²) in [6, 6.07) is 19.6. The van der Waals surface area contributed by atoms with Gasteiger partial charge in [0.05, 0.1) is 21.1 Å². The molecule has 0 aromatic heterocycles. The van der Waals surface area contributed by atoms with E-state index in [9.17, 15) is 23.3 Å². The Morgan fingerprint density at radius 3 is 2.36 bits per heavy atom. The molecule has 0 saturated heterocycles. The van der Waals surface area contributed by atoms with Gasteiger partial charge >= 0.3 is 0 Å². The lowest BCUT2D eigenvalue weighted by Gasteiger charge is -2.11. The summed E-state index contributed by atoms with van der Waals surface area (Å²) < 4.78 is 32.9. The molecule has 0 aliphatic carbocycles. The summed E-state index contributed by atoms with van der Waals surface area (Å²) in [5, 5.41) is 13.6. The average molecular weight is 470 g/mol. The molecule has 1 amide bonds. The first kappa shape index (κ1) is 23.9. The van der Waals surface area contributed by atoms with Gasteiger partial charge in [-0.2, -0.15) is 0 Å². The van der Waals surface area contributed by atoms with Crippen molar-refractivity contribution in [2.45, 2.75) is 18.2 Å². The molecule has 0 spiro atoms. The zero-order valence-electron chi connectivity index (χ0n) is 17.9. The third-order valence-corrected chi connectivity index (χ3v) is 6.31. The van der Waals surface area contributed by atoms with E-state index < -0.39 is 20.9 Å². The molecular formula is C23H23N3O6S. The third-order valence-electron chi connectivity index (χ3n) is 4.83. The maximum atomic E-state index is 12.4. The van der Waals surface area contributed by atoms with Crippen LogP contribution in [-0.2, 0) is 21.2 Å². The average Bonchev–Trinajstić information content (AvgIpc) is 2.80. The number of amides is 1. The Labute approximate surface area is 191 Å². The number of carbonyl (C=O) groups excluding carboxylic acids is 1. The van der Waals surface area contributed by atoms with Crippen LogP contribution in [0.4, 0.5) is 11.4 Å². The van der Waals surface area contributed by atoms with Crippen LogP contribution in [0.1, 0.15) is 11.1 Å². The van der Waals surface area contributed by atoms with Crippen LogP contribution in [0.3, 0.4) is 0 Å². The van der Waals surface area contributed by atoms with Crippen molar-refractivity contribution in [2.75, 3.05) is 18.5 Å². The summed E-state index contributed by atoms with van der Waals surface area (Å²) in [5.74, 6) is -0.193. The molecule has 0 radical (unpaired) electrons. The monoisotopic (exact) mass is 469 g/mol. The molecule has 3 aromatic carbocycles. The molecule has 0 aliphatic heterocycles. The van der Waals surface area contributed by atoms with E-state index in [2.05, 4.69) is 10.0 Å². The van der Waals surface area contributed by atoms with E-state index in [4.69, 9.17) is 4.74 Å². The Bertz CT molecular complexity index is 1230. The van der Waals surface area contributed by atoms with Crippen LogP contribution in [-0.4, -0.2) is 32.4 Å². The fourth-order valence-electron chi connectivity index (χ4n) is 3.06. The molecule has 3 rings (SSSR count). The number of nitro groups is 1. The van der Waals surface area contributed by atoms with Crippen molar-refractivity contribution in [3.63, 3.8) is 0 Å². The number of hydrogen-bond acceptors (Lipinski definition) is 6. The molecule has 33 heavy (non-hydrogen) atoms. The lowest BCUT2D eigenvalue weighted by Crippen LogP contribution is -2.26. The van der Waals surface area contributed by atoms with Gasteiger partial charge in [0.15, 0.2) is 6.61 Å². The van der Waals surface area contributed by atoms with Crippen LogP contribution in [0.15, 0.2) is 77.7 Å². The van der Waals surface area contributed by atoms with Crippen LogP contribution in [0.5, 0.6) is 5.75 Å². The molecule has 0 atom stereocenters. The quantitative estimate of drug-likeness (QED) is 0.346. The zero-order valence-corrected chi connectivity index (χ0v) is 18.7. The molecule has 9 nitrogen and oxygen atoms in total. The van der Waals surface area contributed by atoms with Crippen molar-refractivity contribution in [3.8, 4) is 5.75 Å². The van der Waals surface area contributed by atoms with Gasteiger partial charge in [-0.05, 0) is 49.2 Å². The molecule has 0 fully saturated rings. The van der Waals surface area contributed by atoms with Gasteiger partial charge < -0.3 is 10.1 Å². The number of hydrogen-bond donors (Lipinski definition) is 2. The van der Waals surface area contributed by atoms with Crippen molar-refractivity contribution in [1.82, 2.24) is 4.72 Å². The summed E-state index contributed by atoms with van der Waals surface area (Å²) in [5.41, 5.74) is 1.59. The van der Waals surface area contributed by atoms with E-state index in [-0.39, 0.29) is 23.7 Å². The standard InChI is InChI=1S/C23H23N3O6S/c1-17-21(8-5-9-22(17)26(28)29)25-23(27)16-32-19-10-12-20(13-11-19)33(30,31)24-15-14-18-6-3-2-4-7-18/h2-13,24H,14-16H2,1H3,(H,25,27). The van der Waals surface area contributed by atoms with Crippen LogP contribution >= 0.6 is 0 Å². The smallest absolute Gasteiger partial charge is 0.274 e. The van der Waals surface area contributed by atoms with Crippen molar-refractivity contribution in [3.05, 3.63) is 94.0 Å².